The maximum atomic E-state index is 10.3. The fourth-order valence-corrected chi connectivity index (χ4v) is 1.02. The monoisotopic (exact) mass is 178 g/mol. The number of allylic oxidation sites excluding steroid dienone is 2. The van der Waals surface area contributed by atoms with E-state index < -0.39 is 0 Å². The number of rotatable bonds is 1. The van der Waals surface area contributed by atoms with Crippen molar-refractivity contribution >= 4 is 35.9 Å². The van der Waals surface area contributed by atoms with E-state index >= 15 is 0 Å². The molecule has 0 bridgehead atoms. The highest BCUT2D eigenvalue weighted by Gasteiger charge is 2.12. The summed E-state index contributed by atoms with van der Waals surface area (Å²) in [7, 11) is 0. The van der Waals surface area contributed by atoms with Gasteiger partial charge in [-0.15, -0.1) is 0 Å². The van der Waals surface area contributed by atoms with Crippen molar-refractivity contribution in [3.8, 4) is 0 Å². The molecule has 54 valence electrons. The van der Waals surface area contributed by atoms with Gasteiger partial charge in [0.05, 0.1) is 5.03 Å². The molecule has 0 atom stereocenters. The Morgan fingerprint density at radius 1 is 1.80 bits per heavy atom. The number of hydrogen-bond donors (Lipinski definition) is 0. The average molecular weight is 179 g/mol. The van der Waals surface area contributed by atoms with Gasteiger partial charge in [0.1, 0.15) is 12.4 Å². The summed E-state index contributed by atoms with van der Waals surface area (Å²) >= 11 is 11.1. The number of aliphatic imine (C=N–C) groups is 1. The summed E-state index contributed by atoms with van der Waals surface area (Å²) < 4.78 is 1.16. The van der Waals surface area contributed by atoms with Crippen LogP contribution in [0.4, 0.5) is 0 Å². The Bertz CT molecular complexity index is 212. The first-order valence-corrected chi connectivity index (χ1v) is 3.25. The molecule has 0 saturated carbocycles. The lowest BCUT2D eigenvalue weighted by molar-refractivity contribution is -0.105. The zero-order valence-electron chi connectivity index (χ0n) is 4.92. The average Bonchev–Trinajstić information content (AvgIpc) is 1.88. The standard InChI is InChI=1S/C5H4Cl2N2O/c6-4-1-8-3-9(7)5(4)2-10/h1-2H,3H2. The van der Waals surface area contributed by atoms with Gasteiger partial charge in [0.2, 0.25) is 0 Å². The zero-order chi connectivity index (χ0) is 7.56. The normalized spacial score (nSPS) is 18.0. The molecule has 0 spiro atoms. The molecule has 0 amide bonds. The zero-order valence-corrected chi connectivity index (χ0v) is 6.43. The summed E-state index contributed by atoms with van der Waals surface area (Å²) in [5.74, 6) is 0. The largest absolute Gasteiger partial charge is 0.296 e. The molecule has 0 unspecified atom stereocenters. The van der Waals surface area contributed by atoms with Gasteiger partial charge in [-0.25, -0.2) is 0 Å². The Labute approximate surface area is 68.0 Å². The molecule has 0 aromatic carbocycles. The maximum absolute atomic E-state index is 10.3. The fourth-order valence-electron chi connectivity index (χ4n) is 0.564. The van der Waals surface area contributed by atoms with Crippen molar-refractivity contribution in [2.75, 3.05) is 6.67 Å². The van der Waals surface area contributed by atoms with Gasteiger partial charge < -0.3 is 0 Å². The van der Waals surface area contributed by atoms with Crippen LogP contribution in [-0.2, 0) is 4.79 Å². The number of carbonyl (C=O) groups excluding carboxylic acids is 1. The second kappa shape index (κ2) is 3.03. The molecule has 0 radical (unpaired) electrons. The van der Waals surface area contributed by atoms with Gasteiger partial charge in [-0.1, -0.05) is 11.6 Å². The molecule has 0 fully saturated rings. The Balaban J connectivity index is 2.94. The van der Waals surface area contributed by atoms with Crippen LogP contribution in [0.3, 0.4) is 0 Å². The molecule has 1 rings (SSSR count). The van der Waals surface area contributed by atoms with Crippen molar-refractivity contribution in [1.29, 1.82) is 0 Å². The van der Waals surface area contributed by atoms with Gasteiger partial charge in [0.25, 0.3) is 0 Å². The van der Waals surface area contributed by atoms with Gasteiger partial charge in [-0.05, 0) is 0 Å². The lowest BCUT2D eigenvalue weighted by Crippen LogP contribution is -2.17. The quantitative estimate of drug-likeness (QED) is 0.446. The highest BCUT2D eigenvalue weighted by molar-refractivity contribution is 6.41. The van der Waals surface area contributed by atoms with Crippen molar-refractivity contribution in [3.63, 3.8) is 0 Å². The van der Waals surface area contributed by atoms with E-state index in [1.165, 1.54) is 6.21 Å². The number of nitrogens with zero attached hydrogens (tertiary/aromatic N) is 2. The first-order chi connectivity index (χ1) is 4.75. The SMILES string of the molecule is O=CC1=C(Cl)C=NCN1Cl. The van der Waals surface area contributed by atoms with E-state index in [1.807, 2.05) is 0 Å². The van der Waals surface area contributed by atoms with E-state index in [0.29, 0.717) is 6.29 Å². The molecule has 0 aliphatic carbocycles. The molecular formula is C5H4Cl2N2O. The summed E-state index contributed by atoms with van der Waals surface area (Å²) in [6, 6.07) is 0. The summed E-state index contributed by atoms with van der Waals surface area (Å²) in [5, 5.41) is 0.274. The molecule has 0 aromatic heterocycles. The molecule has 0 N–H and O–H groups in total. The van der Waals surface area contributed by atoms with Crippen LogP contribution in [0, 0.1) is 0 Å². The third-order valence-corrected chi connectivity index (χ3v) is 1.61. The molecule has 3 nitrogen and oxygen atoms in total. The fraction of sp³-hybridized carbons (Fsp3) is 0.200. The molecule has 5 heteroatoms. The third kappa shape index (κ3) is 1.30. The van der Waals surface area contributed by atoms with Crippen LogP contribution >= 0.6 is 23.4 Å². The minimum Gasteiger partial charge on any atom is -0.296 e. The summed E-state index contributed by atoms with van der Waals surface area (Å²) in [6.45, 7) is 0.270. The lowest BCUT2D eigenvalue weighted by Gasteiger charge is -2.15. The highest BCUT2D eigenvalue weighted by Crippen LogP contribution is 2.16. The lowest BCUT2D eigenvalue weighted by atomic mass is 10.4. The molecule has 0 aromatic rings. The van der Waals surface area contributed by atoms with E-state index in [1.54, 1.807) is 0 Å². The van der Waals surface area contributed by atoms with Gasteiger partial charge in [0.15, 0.2) is 6.29 Å². The van der Waals surface area contributed by atoms with Crippen molar-refractivity contribution in [2.45, 2.75) is 0 Å². The minimum absolute atomic E-state index is 0.262. The van der Waals surface area contributed by atoms with Crippen molar-refractivity contribution in [2.24, 2.45) is 4.99 Å². The van der Waals surface area contributed by atoms with Gasteiger partial charge in [0, 0.05) is 18.0 Å². The van der Waals surface area contributed by atoms with Gasteiger partial charge in [-0.2, -0.15) is 0 Å². The van der Waals surface area contributed by atoms with E-state index in [9.17, 15) is 4.79 Å². The Morgan fingerprint density at radius 3 is 2.90 bits per heavy atom. The summed E-state index contributed by atoms with van der Waals surface area (Å²) in [6.07, 6.45) is 2.00. The third-order valence-electron chi connectivity index (χ3n) is 1.03. The predicted molar refractivity (Wildman–Crippen MR) is 40.0 cm³/mol. The summed E-state index contributed by atoms with van der Waals surface area (Å²) in [4.78, 5) is 14.0. The van der Waals surface area contributed by atoms with Crippen molar-refractivity contribution < 1.29 is 4.79 Å². The van der Waals surface area contributed by atoms with E-state index in [4.69, 9.17) is 23.4 Å². The Morgan fingerprint density at radius 2 is 2.50 bits per heavy atom. The molecule has 10 heavy (non-hydrogen) atoms. The number of hydrogen-bond acceptors (Lipinski definition) is 3. The number of carbonyl (C=O) groups is 1. The van der Waals surface area contributed by atoms with Crippen molar-refractivity contribution in [1.82, 2.24) is 4.42 Å². The minimum atomic E-state index is 0.262. The summed E-state index contributed by atoms with van der Waals surface area (Å²) in [5.41, 5.74) is 0.262. The van der Waals surface area contributed by atoms with Crippen LogP contribution in [0.25, 0.3) is 0 Å². The van der Waals surface area contributed by atoms with E-state index in [2.05, 4.69) is 4.99 Å². The maximum Gasteiger partial charge on any atom is 0.169 e. The highest BCUT2D eigenvalue weighted by atomic mass is 35.5. The van der Waals surface area contributed by atoms with Crippen LogP contribution in [0.1, 0.15) is 0 Å². The van der Waals surface area contributed by atoms with Crippen LogP contribution < -0.4 is 0 Å². The number of aldehydes is 1. The van der Waals surface area contributed by atoms with Crippen LogP contribution in [-0.4, -0.2) is 23.6 Å². The first kappa shape index (κ1) is 7.57. The molecule has 1 aliphatic rings. The van der Waals surface area contributed by atoms with Crippen molar-refractivity contribution in [3.05, 3.63) is 10.7 Å². The molecular weight excluding hydrogens is 175 g/mol. The number of halogens is 2. The predicted octanol–water partition coefficient (Wildman–Crippen LogP) is 1.13. The Hall–Kier alpha value is -0.540. The Kier molecular flexibility index (Phi) is 2.29. The molecule has 1 aliphatic heterocycles. The van der Waals surface area contributed by atoms with Gasteiger partial charge in [-0.3, -0.25) is 14.2 Å². The second-order valence-electron chi connectivity index (χ2n) is 1.67. The van der Waals surface area contributed by atoms with Crippen LogP contribution in [0.2, 0.25) is 0 Å². The van der Waals surface area contributed by atoms with E-state index in [0.717, 1.165) is 4.42 Å². The van der Waals surface area contributed by atoms with Gasteiger partial charge >= 0.3 is 0 Å². The van der Waals surface area contributed by atoms with E-state index in [-0.39, 0.29) is 17.4 Å². The first-order valence-electron chi connectivity index (χ1n) is 2.54. The van der Waals surface area contributed by atoms with Crippen LogP contribution in [0.15, 0.2) is 15.7 Å². The van der Waals surface area contributed by atoms with Crippen LogP contribution in [0.5, 0.6) is 0 Å². The molecule has 1 heterocycles. The smallest absolute Gasteiger partial charge is 0.169 e. The second-order valence-corrected chi connectivity index (χ2v) is 2.48. The molecule has 0 saturated heterocycles. The topological polar surface area (TPSA) is 32.7 Å².